The number of amides is 1. The van der Waals surface area contributed by atoms with Gasteiger partial charge in [0.1, 0.15) is 5.82 Å². The van der Waals surface area contributed by atoms with Gasteiger partial charge in [-0.25, -0.2) is 4.98 Å². The van der Waals surface area contributed by atoms with Gasteiger partial charge in [-0.2, -0.15) is 18.3 Å². The van der Waals surface area contributed by atoms with Crippen LogP contribution in [0, 0.1) is 6.92 Å². The van der Waals surface area contributed by atoms with Crippen molar-refractivity contribution in [3.05, 3.63) is 59.4 Å². The van der Waals surface area contributed by atoms with Crippen LogP contribution in [0.3, 0.4) is 0 Å². The first-order chi connectivity index (χ1) is 13.7. The number of hydrogen-bond acceptors (Lipinski definition) is 5. The molecule has 10 heteroatoms. The maximum absolute atomic E-state index is 13.5. The standard InChI is InChI=1S/C19H19F3N6O/c1-11-8-17(27-28(11)3)26-16-9-15(13(10-24-16)19(20,21)22)25-14-7-5-4-6-12(14)18(29)23-2/h4-10H,1-3H3,(H,23,29)(H2,24,25,26,27). The molecule has 0 aliphatic heterocycles. The fraction of sp³-hybridized carbons (Fsp3) is 0.211. The second-order valence-electron chi connectivity index (χ2n) is 6.28. The van der Waals surface area contributed by atoms with Crippen molar-refractivity contribution >= 4 is 28.9 Å². The molecule has 3 N–H and O–H groups in total. The average molecular weight is 404 g/mol. The third-order valence-corrected chi connectivity index (χ3v) is 4.25. The molecule has 2 aromatic heterocycles. The summed E-state index contributed by atoms with van der Waals surface area (Å²) < 4.78 is 42.1. The minimum absolute atomic E-state index is 0.177. The number of aryl methyl sites for hydroxylation is 2. The number of benzene rings is 1. The number of anilines is 4. The maximum atomic E-state index is 13.5. The molecule has 0 saturated heterocycles. The van der Waals surface area contributed by atoms with Crippen LogP contribution in [0.1, 0.15) is 21.6 Å². The average Bonchev–Trinajstić information content (AvgIpc) is 2.98. The number of hydrogen-bond donors (Lipinski definition) is 3. The Balaban J connectivity index is 2.00. The normalized spacial score (nSPS) is 11.2. The van der Waals surface area contributed by atoms with E-state index in [9.17, 15) is 18.0 Å². The van der Waals surface area contributed by atoms with Crippen molar-refractivity contribution in [1.82, 2.24) is 20.1 Å². The highest BCUT2D eigenvalue weighted by Gasteiger charge is 2.34. The van der Waals surface area contributed by atoms with Gasteiger partial charge < -0.3 is 16.0 Å². The Labute approximate surface area is 165 Å². The van der Waals surface area contributed by atoms with Gasteiger partial charge in [0.2, 0.25) is 0 Å². The Morgan fingerprint density at radius 3 is 2.41 bits per heavy atom. The van der Waals surface area contributed by atoms with Gasteiger partial charge in [0.25, 0.3) is 5.91 Å². The lowest BCUT2D eigenvalue weighted by Crippen LogP contribution is -2.19. The SMILES string of the molecule is CNC(=O)c1ccccc1Nc1cc(Nc2cc(C)n(C)n2)ncc1C(F)(F)F. The van der Waals surface area contributed by atoms with Crippen LogP contribution in [0.2, 0.25) is 0 Å². The summed E-state index contributed by atoms with van der Waals surface area (Å²) in [6.45, 7) is 1.85. The Morgan fingerprint density at radius 1 is 1.07 bits per heavy atom. The molecule has 0 aliphatic rings. The Kier molecular flexibility index (Phi) is 5.44. The minimum Gasteiger partial charge on any atom is -0.355 e. The number of pyridine rings is 1. The predicted octanol–water partition coefficient (Wildman–Crippen LogP) is 3.99. The Bertz CT molecular complexity index is 1030. The fourth-order valence-electron chi connectivity index (χ4n) is 2.68. The van der Waals surface area contributed by atoms with Crippen molar-refractivity contribution in [2.45, 2.75) is 13.1 Å². The van der Waals surface area contributed by atoms with Crippen molar-refractivity contribution in [2.75, 3.05) is 17.7 Å². The summed E-state index contributed by atoms with van der Waals surface area (Å²) in [5.41, 5.74) is 0.140. The molecular weight excluding hydrogens is 385 g/mol. The van der Waals surface area contributed by atoms with E-state index in [1.807, 2.05) is 6.92 Å². The molecule has 3 rings (SSSR count). The number of carbonyl (C=O) groups excluding carboxylic acids is 1. The van der Waals surface area contributed by atoms with E-state index < -0.39 is 17.6 Å². The van der Waals surface area contributed by atoms with Gasteiger partial charge in [0.15, 0.2) is 5.82 Å². The molecule has 0 spiro atoms. The molecule has 0 bridgehead atoms. The molecule has 2 heterocycles. The summed E-state index contributed by atoms with van der Waals surface area (Å²) in [6, 6.07) is 9.27. The molecule has 0 radical (unpaired) electrons. The Hall–Kier alpha value is -3.56. The van der Waals surface area contributed by atoms with Gasteiger partial charge in [0, 0.05) is 38.1 Å². The largest absolute Gasteiger partial charge is 0.419 e. The number of nitrogens with one attached hydrogen (secondary N) is 3. The molecule has 0 aliphatic carbocycles. The molecule has 0 saturated carbocycles. The van der Waals surface area contributed by atoms with Gasteiger partial charge in [-0.3, -0.25) is 9.48 Å². The van der Waals surface area contributed by atoms with Crippen molar-refractivity contribution in [1.29, 1.82) is 0 Å². The summed E-state index contributed by atoms with van der Waals surface area (Å²) in [5.74, 6) is 0.211. The number of carbonyl (C=O) groups is 1. The van der Waals surface area contributed by atoms with Crippen molar-refractivity contribution in [3.8, 4) is 0 Å². The molecule has 29 heavy (non-hydrogen) atoms. The summed E-state index contributed by atoms with van der Waals surface area (Å²) in [7, 11) is 3.20. The molecule has 0 atom stereocenters. The Morgan fingerprint density at radius 2 is 1.79 bits per heavy atom. The van der Waals surface area contributed by atoms with Crippen LogP contribution >= 0.6 is 0 Å². The number of para-hydroxylation sites is 1. The third-order valence-electron chi connectivity index (χ3n) is 4.25. The minimum atomic E-state index is -4.63. The first-order valence-corrected chi connectivity index (χ1v) is 8.62. The monoisotopic (exact) mass is 404 g/mol. The van der Waals surface area contributed by atoms with Gasteiger partial charge in [0.05, 0.1) is 22.5 Å². The number of nitrogens with zero attached hydrogens (tertiary/aromatic N) is 3. The molecule has 152 valence electrons. The summed E-state index contributed by atoms with van der Waals surface area (Å²) in [4.78, 5) is 15.9. The molecule has 0 unspecified atom stereocenters. The van der Waals surface area contributed by atoms with Crippen molar-refractivity contribution in [3.63, 3.8) is 0 Å². The summed E-state index contributed by atoms with van der Waals surface area (Å²) in [6.07, 6.45) is -3.89. The molecule has 1 aromatic carbocycles. The zero-order chi connectivity index (χ0) is 21.2. The van der Waals surface area contributed by atoms with Crippen LogP contribution < -0.4 is 16.0 Å². The van der Waals surface area contributed by atoms with Crippen LogP contribution in [-0.4, -0.2) is 27.7 Å². The zero-order valence-electron chi connectivity index (χ0n) is 15.9. The lowest BCUT2D eigenvalue weighted by molar-refractivity contribution is -0.137. The number of halogens is 3. The van der Waals surface area contributed by atoms with Crippen LogP contribution in [-0.2, 0) is 13.2 Å². The first-order valence-electron chi connectivity index (χ1n) is 8.62. The highest BCUT2D eigenvalue weighted by molar-refractivity contribution is 6.00. The van der Waals surface area contributed by atoms with Crippen LogP contribution in [0.15, 0.2) is 42.6 Å². The summed E-state index contributed by atoms with van der Waals surface area (Å²) >= 11 is 0. The highest BCUT2D eigenvalue weighted by Crippen LogP contribution is 2.37. The zero-order valence-corrected chi connectivity index (χ0v) is 15.9. The lowest BCUT2D eigenvalue weighted by Gasteiger charge is -2.17. The number of alkyl halides is 3. The molecule has 1 amide bonds. The fourth-order valence-corrected chi connectivity index (χ4v) is 2.68. The van der Waals surface area contributed by atoms with E-state index >= 15 is 0 Å². The van der Waals surface area contributed by atoms with Crippen LogP contribution in [0.4, 0.5) is 36.2 Å². The van der Waals surface area contributed by atoms with E-state index in [0.29, 0.717) is 5.82 Å². The van der Waals surface area contributed by atoms with Crippen molar-refractivity contribution < 1.29 is 18.0 Å². The topological polar surface area (TPSA) is 83.9 Å². The van der Waals surface area contributed by atoms with Crippen molar-refractivity contribution in [2.24, 2.45) is 7.05 Å². The van der Waals surface area contributed by atoms with E-state index in [0.717, 1.165) is 11.9 Å². The molecule has 0 fully saturated rings. The smallest absolute Gasteiger partial charge is 0.355 e. The molecule has 3 aromatic rings. The number of aromatic nitrogens is 3. The van der Waals surface area contributed by atoms with Gasteiger partial charge in [-0.15, -0.1) is 0 Å². The van der Waals surface area contributed by atoms with E-state index in [4.69, 9.17) is 0 Å². The first kappa shape index (κ1) is 20.2. The second kappa shape index (κ2) is 7.82. The van der Waals surface area contributed by atoms with E-state index in [2.05, 4.69) is 26.0 Å². The van der Waals surface area contributed by atoms with Crippen LogP contribution in [0.5, 0.6) is 0 Å². The maximum Gasteiger partial charge on any atom is 0.419 e. The van der Waals surface area contributed by atoms with Crippen LogP contribution in [0.25, 0.3) is 0 Å². The second-order valence-corrected chi connectivity index (χ2v) is 6.28. The summed E-state index contributed by atoms with van der Waals surface area (Å²) in [5, 5.41) is 12.3. The van der Waals surface area contributed by atoms with E-state index in [1.54, 1.807) is 29.9 Å². The molecule has 7 nitrogen and oxygen atoms in total. The molecular formula is C19H19F3N6O. The third kappa shape index (κ3) is 4.48. The van der Waals surface area contributed by atoms with Gasteiger partial charge in [-0.05, 0) is 19.1 Å². The number of rotatable bonds is 5. The highest BCUT2D eigenvalue weighted by atomic mass is 19.4. The van der Waals surface area contributed by atoms with E-state index in [-0.39, 0.29) is 22.8 Å². The quantitative estimate of drug-likeness (QED) is 0.599. The van der Waals surface area contributed by atoms with Gasteiger partial charge >= 0.3 is 6.18 Å². The predicted molar refractivity (Wildman–Crippen MR) is 104 cm³/mol. The lowest BCUT2D eigenvalue weighted by atomic mass is 10.1. The van der Waals surface area contributed by atoms with Gasteiger partial charge in [-0.1, -0.05) is 12.1 Å². The van der Waals surface area contributed by atoms with E-state index in [1.165, 1.54) is 25.2 Å².